The SMILES string of the molecule is CC[C@H](N)C(=O)Nc1cccc(CN2CCC(C(N)=O)CC2)c1.Cl.Cl. The zero-order valence-corrected chi connectivity index (χ0v) is 16.1. The molecule has 6 nitrogen and oxygen atoms in total. The van der Waals surface area contributed by atoms with Gasteiger partial charge in [0.25, 0.3) is 0 Å². The van der Waals surface area contributed by atoms with Gasteiger partial charge in [0, 0.05) is 18.2 Å². The van der Waals surface area contributed by atoms with E-state index in [0.29, 0.717) is 6.42 Å². The lowest BCUT2D eigenvalue weighted by atomic mass is 9.96. The van der Waals surface area contributed by atoms with Crippen LogP contribution in [0.1, 0.15) is 31.7 Å². The second-order valence-corrected chi connectivity index (χ2v) is 6.16. The van der Waals surface area contributed by atoms with Crippen LogP contribution in [-0.4, -0.2) is 35.8 Å². The first-order chi connectivity index (χ1) is 11.0. The molecule has 1 aromatic carbocycles. The highest BCUT2D eigenvalue weighted by Crippen LogP contribution is 2.20. The Hall–Kier alpha value is -1.34. The number of hydrogen-bond acceptors (Lipinski definition) is 4. The Kier molecular flexibility index (Phi) is 10.7. The molecule has 8 heteroatoms. The van der Waals surface area contributed by atoms with Crippen LogP contribution in [-0.2, 0) is 16.1 Å². The zero-order valence-electron chi connectivity index (χ0n) is 14.4. The first kappa shape index (κ1) is 23.7. The van der Waals surface area contributed by atoms with E-state index < -0.39 is 6.04 Å². The van der Waals surface area contributed by atoms with E-state index in [9.17, 15) is 9.59 Å². The lowest BCUT2D eigenvalue weighted by Gasteiger charge is -2.30. The third-order valence-electron chi connectivity index (χ3n) is 4.37. The smallest absolute Gasteiger partial charge is 0.241 e. The standard InChI is InChI=1S/C17H26N4O2.2ClH/c1-2-15(18)17(23)20-14-5-3-4-12(10-14)11-21-8-6-13(7-9-21)16(19)22;;/h3-5,10,13,15H,2,6-9,11,18H2,1H3,(H2,19,22)(H,20,23);2*1H/t15-;;/m0../s1. The summed E-state index contributed by atoms with van der Waals surface area (Å²) < 4.78 is 0. The van der Waals surface area contributed by atoms with Gasteiger partial charge in [-0.05, 0) is 50.0 Å². The number of nitrogens with zero attached hydrogens (tertiary/aromatic N) is 1. The fraction of sp³-hybridized carbons (Fsp3) is 0.529. The van der Waals surface area contributed by atoms with E-state index in [1.54, 1.807) is 0 Å². The fourth-order valence-corrected chi connectivity index (χ4v) is 2.80. The number of carbonyl (C=O) groups is 2. The third-order valence-corrected chi connectivity index (χ3v) is 4.37. The molecule has 1 aliphatic rings. The number of carbonyl (C=O) groups excluding carboxylic acids is 2. The lowest BCUT2D eigenvalue weighted by Crippen LogP contribution is -2.38. The maximum atomic E-state index is 11.9. The largest absolute Gasteiger partial charge is 0.369 e. The Morgan fingerprint density at radius 3 is 2.48 bits per heavy atom. The highest BCUT2D eigenvalue weighted by atomic mass is 35.5. The Labute approximate surface area is 161 Å². The highest BCUT2D eigenvalue weighted by molar-refractivity contribution is 5.94. The predicted molar refractivity (Wildman–Crippen MR) is 105 cm³/mol. The summed E-state index contributed by atoms with van der Waals surface area (Å²) in [6, 6.07) is 7.32. The molecule has 0 radical (unpaired) electrons. The van der Waals surface area contributed by atoms with Crippen molar-refractivity contribution >= 4 is 42.3 Å². The van der Waals surface area contributed by atoms with E-state index >= 15 is 0 Å². The number of nitrogens with one attached hydrogen (secondary N) is 1. The number of hydrogen-bond donors (Lipinski definition) is 3. The van der Waals surface area contributed by atoms with E-state index in [4.69, 9.17) is 11.5 Å². The first-order valence-corrected chi connectivity index (χ1v) is 8.16. The Morgan fingerprint density at radius 1 is 1.28 bits per heavy atom. The van der Waals surface area contributed by atoms with E-state index in [1.807, 2.05) is 31.2 Å². The van der Waals surface area contributed by atoms with Gasteiger partial charge in [-0.15, -0.1) is 24.8 Å². The number of rotatable bonds is 6. The van der Waals surface area contributed by atoms with Crippen molar-refractivity contribution in [1.29, 1.82) is 0 Å². The van der Waals surface area contributed by atoms with E-state index in [-0.39, 0.29) is 42.5 Å². The molecule has 1 atom stereocenters. The third kappa shape index (κ3) is 7.20. The molecule has 0 unspecified atom stereocenters. The average molecular weight is 391 g/mol. The Balaban J connectivity index is 0.00000288. The number of amides is 2. The van der Waals surface area contributed by atoms with E-state index in [2.05, 4.69) is 10.2 Å². The molecular formula is C17H28Cl2N4O2. The molecule has 1 aliphatic heterocycles. The number of primary amides is 1. The zero-order chi connectivity index (χ0) is 16.8. The van der Waals surface area contributed by atoms with Crippen molar-refractivity contribution in [2.75, 3.05) is 18.4 Å². The summed E-state index contributed by atoms with van der Waals surface area (Å²) in [6.07, 6.45) is 2.24. The van der Waals surface area contributed by atoms with Crippen LogP contribution in [0.5, 0.6) is 0 Å². The molecule has 2 amide bonds. The molecule has 0 aromatic heterocycles. The van der Waals surface area contributed by atoms with Gasteiger partial charge in [0.05, 0.1) is 6.04 Å². The maximum Gasteiger partial charge on any atom is 0.241 e. The summed E-state index contributed by atoms with van der Waals surface area (Å²) in [4.78, 5) is 25.4. The van der Waals surface area contributed by atoms with E-state index in [0.717, 1.165) is 43.7 Å². The monoisotopic (exact) mass is 390 g/mol. The predicted octanol–water partition coefficient (Wildman–Crippen LogP) is 1.90. The van der Waals surface area contributed by atoms with Gasteiger partial charge in [-0.25, -0.2) is 0 Å². The first-order valence-electron chi connectivity index (χ1n) is 8.16. The number of anilines is 1. The summed E-state index contributed by atoms with van der Waals surface area (Å²) >= 11 is 0. The topological polar surface area (TPSA) is 101 Å². The summed E-state index contributed by atoms with van der Waals surface area (Å²) in [5.41, 5.74) is 13.0. The fourth-order valence-electron chi connectivity index (χ4n) is 2.80. The summed E-state index contributed by atoms with van der Waals surface area (Å²) in [5, 5.41) is 2.85. The normalized spacial score (nSPS) is 16.2. The minimum absolute atomic E-state index is 0. The Bertz CT molecular complexity index is 563. The van der Waals surface area contributed by atoms with Crippen LogP contribution in [0.4, 0.5) is 5.69 Å². The molecular weight excluding hydrogens is 363 g/mol. The lowest BCUT2D eigenvalue weighted by molar-refractivity contribution is -0.123. The molecule has 1 aromatic rings. The van der Waals surface area contributed by atoms with Crippen LogP contribution in [0.15, 0.2) is 24.3 Å². The van der Waals surface area contributed by atoms with Gasteiger partial charge >= 0.3 is 0 Å². The second-order valence-electron chi connectivity index (χ2n) is 6.16. The van der Waals surface area contributed by atoms with Gasteiger partial charge in [-0.1, -0.05) is 19.1 Å². The van der Waals surface area contributed by atoms with Crippen molar-refractivity contribution < 1.29 is 9.59 Å². The molecule has 0 bridgehead atoms. The average Bonchev–Trinajstić information content (AvgIpc) is 2.54. The number of piperidine rings is 1. The molecule has 1 heterocycles. The number of likely N-dealkylation sites (tertiary alicyclic amines) is 1. The number of nitrogens with two attached hydrogens (primary N) is 2. The number of halogens is 2. The summed E-state index contributed by atoms with van der Waals surface area (Å²) in [6.45, 7) is 4.42. The van der Waals surface area contributed by atoms with Crippen LogP contribution >= 0.6 is 24.8 Å². The quantitative estimate of drug-likeness (QED) is 0.689. The van der Waals surface area contributed by atoms with Gasteiger partial charge < -0.3 is 16.8 Å². The van der Waals surface area contributed by atoms with Crippen molar-refractivity contribution in [3.8, 4) is 0 Å². The highest BCUT2D eigenvalue weighted by Gasteiger charge is 2.23. The van der Waals surface area contributed by atoms with E-state index in [1.165, 1.54) is 0 Å². The van der Waals surface area contributed by atoms with Crippen molar-refractivity contribution in [2.24, 2.45) is 17.4 Å². The molecule has 25 heavy (non-hydrogen) atoms. The van der Waals surface area contributed by atoms with Crippen LogP contribution in [0.2, 0.25) is 0 Å². The maximum absolute atomic E-state index is 11.9. The summed E-state index contributed by atoms with van der Waals surface area (Å²) in [5.74, 6) is -0.346. The van der Waals surface area contributed by atoms with Crippen molar-refractivity contribution in [1.82, 2.24) is 4.90 Å². The minimum atomic E-state index is -0.480. The minimum Gasteiger partial charge on any atom is -0.369 e. The van der Waals surface area contributed by atoms with Gasteiger partial charge in [0.1, 0.15) is 0 Å². The van der Waals surface area contributed by atoms with Crippen LogP contribution < -0.4 is 16.8 Å². The van der Waals surface area contributed by atoms with Crippen molar-refractivity contribution in [3.05, 3.63) is 29.8 Å². The van der Waals surface area contributed by atoms with Gasteiger partial charge in [-0.2, -0.15) is 0 Å². The molecule has 0 spiro atoms. The van der Waals surface area contributed by atoms with Crippen molar-refractivity contribution in [2.45, 2.75) is 38.8 Å². The molecule has 2 rings (SSSR count). The van der Waals surface area contributed by atoms with Crippen LogP contribution in [0.25, 0.3) is 0 Å². The van der Waals surface area contributed by atoms with Crippen LogP contribution in [0, 0.1) is 5.92 Å². The van der Waals surface area contributed by atoms with Gasteiger partial charge in [-0.3, -0.25) is 14.5 Å². The van der Waals surface area contributed by atoms with Gasteiger partial charge in [0.2, 0.25) is 11.8 Å². The molecule has 142 valence electrons. The van der Waals surface area contributed by atoms with Gasteiger partial charge in [0.15, 0.2) is 0 Å². The molecule has 5 N–H and O–H groups in total. The van der Waals surface area contributed by atoms with Crippen LogP contribution in [0.3, 0.4) is 0 Å². The second kappa shape index (κ2) is 11.3. The Morgan fingerprint density at radius 2 is 1.92 bits per heavy atom. The summed E-state index contributed by atoms with van der Waals surface area (Å²) in [7, 11) is 0. The molecule has 1 fully saturated rings. The molecule has 0 aliphatic carbocycles. The molecule has 0 saturated carbocycles. The molecule has 1 saturated heterocycles. The number of benzene rings is 1. The van der Waals surface area contributed by atoms with Crippen molar-refractivity contribution in [3.63, 3.8) is 0 Å².